The number of halogens is 1. The fraction of sp³-hybridized carbons (Fsp3) is 0.333. The normalized spacial score (nSPS) is 12.6. The SMILES string of the molecule is CC(C)(C)OC(=O)N[C@@H](Cc1ccc(OCC[Si](c2ccccc2)(c2ccccc2)C(C)(C)C)c(I)c1)C(=O)OCc1ccccc1. The van der Waals surface area contributed by atoms with E-state index in [4.69, 9.17) is 14.2 Å². The molecule has 4 rings (SSSR count). The first-order chi connectivity index (χ1) is 22.3. The highest BCUT2D eigenvalue weighted by Crippen LogP contribution is 2.39. The number of carbonyl (C=O) groups excluding carboxylic acids is 2. The Labute approximate surface area is 294 Å². The second-order valence-corrected chi connectivity index (χ2v) is 19.9. The van der Waals surface area contributed by atoms with Crippen molar-refractivity contribution in [3.63, 3.8) is 0 Å². The third-order valence-corrected chi connectivity index (χ3v) is 15.2. The van der Waals surface area contributed by atoms with Crippen LogP contribution in [0.15, 0.2) is 109 Å². The second kappa shape index (κ2) is 16.0. The van der Waals surface area contributed by atoms with Gasteiger partial charge < -0.3 is 19.5 Å². The van der Waals surface area contributed by atoms with E-state index >= 15 is 0 Å². The molecule has 1 atom stereocenters. The van der Waals surface area contributed by atoms with Crippen molar-refractivity contribution in [2.24, 2.45) is 0 Å². The molecule has 0 saturated heterocycles. The van der Waals surface area contributed by atoms with Crippen molar-refractivity contribution in [1.29, 1.82) is 0 Å². The van der Waals surface area contributed by atoms with Crippen LogP contribution < -0.4 is 20.4 Å². The Morgan fingerprint density at radius 3 is 1.83 bits per heavy atom. The van der Waals surface area contributed by atoms with Crippen molar-refractivity contribution in [3.8, 4) is 5.75 Å². The van der Waals surface area contributed by atoms with Crippen LogP contribution in [0.2, 0.25) is 11.1 Å². The predicted molar refractivity (Wildman–Crippen MR) is 200 cm³/mol. The zero-order valence-corrected chi connectivity index (χ0v) is 31.4. The highest BCUT2D eigenvalue weighted by Gasteiger charge is 2.47. The van der Waals surface area contributed by atoms with Crippen molar-refractivity contribution >= 4 is 53.1 Å². The van der Waals surface area contributed by atoms with Crippen LogP contribution in [0, 0.1) is 3.57 Å². The summed E-state index contributed by atoms with van der Waals surface area (Å²) in [5.74, 6) is 0.260. The molecule has 0 aromatic heterocycles. The number of amides is 1. The number of ether oxygens (including phenoxy) is 3. The van der Waals surface area contributed by atoms with E-state index in [0.717, 1.165) is 26.5 Å². The maximum Gasteiger partial charge on any atom is 0.408 e. The lowest BCUT2D eigenvalue weighted by Gasteiger charge is -2.44. The first-order valence-corrected chi connectivity index (χ1v) is 19.3. The maximum atomic E-state index is 13.2. The molecule has 0 unspecified atom stereocenters. The number of nitrogens with one attached hydrogen (secondary N) is 1. The van der Waals surface area contributed by atoms with Crippen LogP contribution in [0.4, 0.5) is 4.79 Å². The standard InChI is InChI=1S/C39H46INO5Si/c1-38(2,3)46-37(43)41-34(36(42)45-28-29-16-10-7-11-17-29)27-30-22-23-35(33(40)26-30)44-24-25-47(39(4,5)6,31-18-12-8-13-19-31)32-20-14-9-15-21-32/h7-23,26,34H,24-25,27-28H2,1-6H3,(H,41,43)/t34-/m0/s1. The Bertz CT molecular complexity index is 1560. The monoisotopic (exact) mass is 763 g/mol. The van der Waals surface area contributed by atoms with Crippen LogP contribution in [-0.4, -0.2) is 38.4 Å². The Hall–Kier alpha value is -3.63. The van der Waals surface area contributed by atoms with E-state index in [0.29, 0.717) is 6.61 Å². The molecule has 4 aromatic rings. The number of benzene rings is 4. The molecule has 1 N–H and O–H groups in total. The number of alkyl carbamates (subject to hydrolysis) is 1. The Morgan fingerprint density at radius 1 is 0.766 bits per heavy atom. The van der Waals surface area contributed by atoms with Crippen molar-refractivity contribution in [2.75, 3.05) is 6.61 Å². The lowest BCUT2D eigenvalue weighted by atomic mass is 10.1. The van der Waals surface area contributed by atoms with Crippen molar-refractivity contribution in [1.82, 2.24) is 5.32 Å². The Morgan fingerprint density at radius 2 is 1.32 bits per heavy atom. The van der Waals surface area contributed by atoms with Gasteiger partial charge in [0.25, 0.3) is 0 Å². The number of esters is 1. The van der Waals surface area contributed by atoms with E-state index in [1.54, 1.807) is 20.8 Å². The molecule has 4 aromatic carbocycles. The number of hydrogen-bond donors (Lipinski definition) is 1. The zero-order chi connectivity index (χ0) is 34.1. The molecule has 0 spiro atoms. The van der Waals surface area contributed by atoms with E-state index in [2.05, 4.69) is 109 Å². The maximum absolute atomic E-state index is 13.2. The third kappa shape index (κ3) is 9.93. The average Bonchev–Trinajstić information content (AvgIpc) is 3.02. The molecule has 0 radical (unpaired) electrons. The molecule has 0 fully saturated rings. The fourth-order valence-electron chi connectivity index (χ4n) is 5.95. The summed E-state index contributed by atoms with van der Waals surface area (Å²) in [6, 6.07) is 37.1. The molecule has 0 aliphatic carbocycles. The summed E-state index contributed by atoms with van der Waals surface area (Å²) in [5, 5.41) is 5.56. The topological polar surface area (TPSA) is 73.9 Å². The van der Waals surface area contributed by atoms with Gasteiger partial charge in [-0.2, -0.15) is 0 Å². The van der Waals surface area contributed by atoms with Crippen LogP contribution in [0.1, 0.15) is 52.7 Å². The van der Waals surface area contributed by atoms with Gasteiger partial charge in [-0.25, -0.2) is 9.59 Å². The summed E-state index contributed by atoms with van der Waals surface area (Å²) in [4.78, 5) is 25.9. The van der Waals surface area contributed by atoms with Crippen molar-refractivity contribution < 1.29 is 23.8 Å². The Balaban J connectivity index is 1.50. The van der Waals surface area contributed by atoms with Gasteiger partial charge in [0.15, 0.2) is 0 Å². The number of rotatable bonds is 12. The van der Waals surface area contributed by atoms with Gasteiger partial charge in [0.1, 0.15) is 32.1 Å². The van der Waals surface area contributed by atoms with Gasteiger partial charge in [-0.15, -0.1) is 0 Å². The third-order valence-electron chi connectivity index (χ3n) is 8.18. The predicted octanol–water partition coefficient (Wildman–Crippen LogP) is 7.91. The van der Waals surface area contributed by atoms with Gasteiger partial charge in [0.05, 0.1) is 10.2 Å². The highest BCUT2D eigenvalue weighted by molar-refractivity contribution is 14.1. The van der Waals surface area contributed by atoms with E-state index in [1.807, 2.05) is 48.5 Å². The molecule has 0 saturated carbocycles. The van der Waals surface area contributed by atoms with Gasteiger partial charge in [-0.3, -0.25) is 0 Å². The average molecular weight is 764 g/mol. The lowest BCUT2D eigenvalue weighted by molar-refractivity contribution is -0.147. The van der Waals surface area contributed by atoms with Gasteiger partial charge in [0, 0.05) is 6.42 Å². The summed E-state index contributed by atoms with van der Waals surface area (Å²) >= 11 is 2.28. The van der Waals surface area contributed by atoms with E-state index in [-0.39, 0.29) is 18.1 Å². The molecule has 6 nitrogen and oxygen atoms in total. The second-order valence-electron chi connectivity index (χ2n) is 13.7. The van der Waals surface area contributed by atoms with E-state index in [1.165, 1.54) is 10.4 Å². The zero-order valence-electron chi connectivity index (χ0n) is 28.2. The molecule has 248 valence electrons. The highest BCUT2D eigenvalue weighted by atomic mass is 127. The van der Waals surface area contributed by atoms with E-state index < -0.39 is 31.8 Å². The van der Waals surface area contributed by atoms with Crippen molar-refractivity contribution in [2.45, 2.75) is 77.3 Å². The summed E-state index contributed by atoms with van der Waals surface area (Å²) in [7, 11) is -2.26. The molecule has 8 heteroatoms. The molecular formula is C39H46INO5Si. The Kier molecular flexibility index (Phi) is 12.3. The lowest BCUT2D eigenvalue weighted by Crippen LogP contribution is -2.64. The smallest absolute Gasteiger partial charge is 0.408 e. The molecule has 0 heterocycles. The number of hydrogen-bond acceptors (Lipinski definition) is 5. The summed E-state index contributed by atoms with van der Waals surface area (Å²) < 4.78 is 18.5. The summed E-state index contributed by atoms with van der Waals surface area (Å²) in [6.45, 7) is 13.1. The van der Waals surface area contributed by atoms with Gasteiger partial charge in [0.2, 0.25) is 0 Å². The quantitative estimate of drug-likeness (QED) is 0.0903. The molecule has 0 aliphatic heterocycles. The molecule has 0 aliphatic rings. The van der Waals surface area contributed by atoms with Crippen LogP contribution in [0.5, 0.6) is 5.75 Å². The van der Waals surface area contributed by atoms with Gasteiger partial charge in [-0.05, 0) is 77.7 Å². The first kappa shape index (κ1) is 36.2. The van der Waals surface area contributed by atoms with Gasteiger partial charge >= 0.3 is 12.1 Å². The minimum atomic E-state index is -2.26. The first-order valence-electron chi connectivity index (χ1n) is 16.0. The summed E-state index contributed by atoms with van der Waals surface area (Å²) in [6.07, 6.45) is -0.428. The fourth-order valence-corrected chi connectivity index (χ4v) is 12.0. The van der Waals surface area contributed by atoms with E-state index in [9.17, 15) is 9.59 Å². The van der Waals surface area contributed by atoms with Crippen LogP contribution >= 0.6 is 22.6 Å². The van der Waals surface area contributed by atoms with Crippen LogP contribution in [0.25, 0.3) is 0 Å². The van der Waals surface area contributed by atoms with Crippen LogP contribution in [0.3, 0.4) is 0 Å². The molecular weight excluding hydrogens is 717 g/mol. The largest absolute Gasteiger partial charge is 0.493 e. The molecule has 47 heavy (non-hydrogen) atoms. The minimum Gasteiger partial charge on any atom is -0.493 e. The van der Waals surface area contributed by atoms with Crippen LogP contribution in [-0.2, 0) is 27.3 Å². The molecule has 1 amide bonds. The number of carbonyl (C=O) groups is 2. The van der Waals surface area contributed by atoms with Gasteiger partial charge in [-0.1, -0.05) is 128 Å². The molecule has 0 bridgehead atoms. The minimum absolute atomic E-state index is 0.0430. The van der Waals surface area contributed by atoms with Crippen molar-refractivity contribution in [3.05, 3.63) is 124 Å². The summed E-state index contributed by atoms with van der Waals surface area (Å²) in [5.41, 5.74) is 1.03.